The van der Waals surface area contributed by atoms with Crippen LogP contribution >= 0.6 is 0 Å². The molecule has 2 N–H and O–H groups in total. The van der Waals surface area contributed by atoms with Crippen LogP contribution in [0.4, 0.5) is 13.2 Å². The summed E-state index contributed by atoms with van der Waals surface area (Å²) in [7, 11) is 0. The van der Waals surface area contributed by atoms with Crippen molar-refractivity contribution in [3.05, 3.63) is 35.9 Å². The molecule has 0 aromatic carbocycles. The molecular formula is C10H8F3N3O. The largest absolute Gasteiger partial charge is 0.433 e. The van der Waals surface area contributed by atoms with Crippen molar-refractivity contribution in [2.75, 3.05) is 0 Å². The zero-order chi connectivity index (χ0) is 12.5. The normalized spacial score (nSPS) is 11.8. The van der Waals surface area contributed by atoms with Gasteiger partial charge in [0.2, 0.25) is 0 Å². The van der Waals surface area contributed by atoms with Crippen molar-refractivity contribution in [2.24, 2.45) is 0 Å². The topological polar surface area (TPSA) is 61.8 Å². The molecule has 0 radical (unpaired) electrons. The lowest BCUT2D eigenvalue weighted by Crippen LogP contribution is -2.07. The molecule has 0 aliphatic rings. The Labute approximate surface area is 94.2 Å². The Morgan fingerprint density at radius 1 is 1.29 bits per heavy atom. The van der Waals surface area contributed by atoms with Crippen molar-refractivity contribution in [1.29, 1.82) is 0 Å². The first kappa shape index (κ1) is 11.6. The second kappa shape index (κ2) is 4.17. The average molecular weight is 243 g/mol. The number of aromatic amines is 1. The number of aliphatic hydroxyl groups excluding tert-OH is 1. The third kappa shape index (κ3) is 2.44. The van der Waals surface area contributed by atoms with Crippen molar-refractivity contribution in [1.82, 2.24) is 15.0 Å². The highest BCUT2D eigenvalue weighted by Crippen LogP contribution is 2.29. The number of aromatic nitrogens is 3. The van der Waals surface area contributed by atoms with Crippen LogP contribution in [0.2, 0.25) is 0 Å². The van der Waals surface area contributed by atoms with Crippen LogP contribution in [-0.4, -0.2) is 20.1 Å². The zero-order valence-electron chi connectivity index (χ0n) is 8.49. The molecule has 2 aromatic heterocycles. The molecule has 0 fully saturated rings. The van der Waals surface area contributed by atoms with Gasteiger partial charge in [0, 0.05) is 11.8 Å². The van der Waals surface area contributed by atoms with Crippen LogP contribution in [0.3, 0.4) is 0 Å². The number of H-pyrrole nitrogens is 1. The summed E-state index contributed by atoms with van der Waals surface area (Å²) in [5.41, 5.74) is -0.269. The lowest BCUT2D eigenvalue weighted by Gasteiger charge is -2.06. The molecule has 0 amide bonds. The summed E-state index contributed by atoms with van der Waals surface area (Å²) in [6.07, 6.45) is -2.05. The molecule has 0 atom stereocenters. The molecule has 0 spiro atoms. The van der Waals surface area contributed by atoms with Gasteiger partial charge >= 0.3 is 6.18 Å². The van der Waals surface area contributed by atoms with Crippen LogP contribution in [0.15, 0.2) is 24.5 Å². The highest BCUT2D eigenvalue weighted by molar-refractivity contribution is 5.55. The first-order valence-electron chi connectivity index (χ1n) is 4.69. The van der Waals surface area contributed by atoms with Gasteiger partial charge in [0.25, 0.3) is 0 Å². The summed E-state index contributed by atoms with van der Waals surface area (Å²) in [4.78, 5) is 9.82. The quantitative estimate of drug-likeness (QED) is 0.847. The number of nitrogens with zero attached hydrogens (tertiary/aromatic N) is 2. The van der Waals surface area contributed by atoms with E-state index in [1.165, 1.54) is 12.3 Å². The summed E-state index contributed by atoms with van der Waals surface area (Å²) in [5, 5.41) is 8.82. The minimum atomic E-state index is -4.48. The molecule has 90 valence electrons. The summed E-state index contributed by atoms with van der Waals surface area (Å²) in [6, 6.07) is 2.31. The highest BCUT2D eigenvalue weighted by atomic mass is 19.4. The number of hydrogen-bond acceptors (Lipinski definition) is 3. The molecule has 2 rings (SSSR count). The monoisotopic (exact) mass is 243 g/mol. The molecule has 0 saturated heterocycles. The van der Waals surface area contributed by atoms with Gasteiger partial charge in [0.05, 0.1) is 18.5 Å². The maximum atomic E-state index is 12.4. The van der Waals surface area contributed by atoms with E-state index in [9.17, 15) is 13.2 Å². The van der Waals surface area contributed by atoms with E-state index in [0.29, 0.717) is 5.69 Å². The molecular weight excluding hydrogens is 235 g/mol. The number of nitrogens with one attached hydrogen (secondary N) is 1. The third-order valence-electron chi connectivity index (χ3n) is 2.12. The minimum absolute atomic E-state index is 0.246. The number of rotatable bonds is 2. The Morgan fingerprint density at radius 2 is 2.06 bits per heavy atom. The second-order valence-corrected chi connectivity index (χ2v) is 3.34. The molecule has 0 saturated carbocycles. The van der Waals surface area contributed by atoms with E-state index in [4.69, 9.17) is 5.11 Å². The van der Waals surface area contributed by atoms with Crippen LogP contribution in [0.25, 0.3) is 11.4 Å². The van der Waals surface area contributed by atoms with Crippen molar-refractivity contribution in [2.45, 2.75) is 12.8 Å². The fourth-order valence-corrected chi connectivity index (χ4v) is 1.32. The Balaban J connectivity index is 2.39. The van der Waals surface area contributed by atoms with E-state index in [0.717, 1.165) is 12.3 Å². The summed E-state index contributed by atoms with van der Waals surface area (Å²) in [5.74, 6) is 0.266. The van der Waals surface area contributed by atoms with E-state index in [1.54, 1.807) is 0 Å². The van der Waals surface area contributed by atoms with Gasteiger partial charge in [0.1, 0.15) is 11.5 Å². The molecule has 0 aliphatic heterocycles. The van der Waals surface area contributed by atoms with E-state index in [1.807, 2.05) is 0 Å². The van der Waals surface area contributed by atoms with E-state index in [2.05, 4.69) is 15.0 Å². The van der Waals surface area contributed by atoms with Gasteiger partial charge in [-0.25, -0.2) is 4.98 Å². The number of aliphatic hydroxyl groups is 1. The predicted octanol–water partition coefficient (Wildman–Crippen LogP) is 1.98. The van der Waals surface area contributed by atoms with Crippen LogP contribution in [0.5, 0.6) is 0 Å². The molecule has 0 aliphatic carbocycles. The Kier molecular flexibility index (Phi) is 2.84. The standard InChI is InChI=1S/C10H8F3N3O/c11-10(12,13)8-3-6(1-2-14-8)9-15-4-7(5-17)16-9/h1-4,17H,5H2,(H,15,16). The zero-order valence-corrected chi connectivity index (χ0v) is 8.49. The van der Waals surface area contributed by atoms with Gasteiger partial charge in [-0.15, -0.1) is 0 Å². The van der Waals surface area contributed by atoms with Gasteiger partial charge < -0.3 is 10.1 Å². The van der Waals surface area contributed by atoms with Gasteiger partial charge in [-0.2, -0.15) is 13.2 Å². The first-order chi connectivity index (χ1) is 8.00. The van der Waals surface area contributed by atoms with Gasteiger partial charge in [-0.1, -0.05) is 0 Å². The van der Waals surface area contributed by atoms with Gasteiger partial charge in [0.15, 0.2) is 0 Å². The van der Waals surface area contributed by atoms with Crippen LogP contribution in [0, 0.1) is 0 Å². The number of imidazole rings is 1. The fraction of sp³-hybridized carbons (Fsp3) is 0.200. The van der Waals surface area contributed by atoms with E-state index in [-0.39, 0.29) is 18.0 Å². The third-order valence-corrected chi connectivity index (χ3v) is 2.12. The van der Waals surface area contributed by atoms with E-state index >= 15 is 0 Å². The lowest BCUT2D eigenvalue weighted by atomic mass is 10.2. The Hall–Kier alpha value is -1.89. The maximum absolute atomic E-state index is 12.4. The van der Waals surface area contributed by atoms with Crippen molar-refractivity contribution < 1.29 is 18.3 Å². The molecule has 2 aromatic rings. The second-order valence-electron chi connectivity index (χ2n) is 3.34. The molecule has 0 bridgehead atoms. The molecule has 17 heavy (non-hydrogen) atoms. The molecule has 7 heteroatoms. The van der Waals surface area contributed by atoms with E-state index < -0.39 is 11.9 Å². The predicted molar refractivity (Wildman–Crippen MR) is 52.7 cm³/mol. The van der Waals surface area contributed by atoms with Gasteiger partial charge in [-0.05, 0) is 12.1 Å². The van der Waals surface area contributed by atoms with Crippen molar-refractivity contribution in [3.8, 4) is 11.4 Å². The molecule has 0 unspecified atom stereocenters. The number of pyridine rings is 1. The van der Waals surface area contributed by atoms with Crippen LogP contribution in [0.1, 0.15) is 11.4 Å². The number of hydrogen-bond donors (Lipinski definition) is 2. The molecule has 2 heterocycles. The van der Waals surface area contributed by atoms with Crippen LogP contribution < -0.4 is 0 Å². The fourth-order valence-electron chi connectivity index (χ4n) is 1.32. The van der Waals surface area contributed by atoms with Crippen molar-refractivity contribution in [3.63, 3.8) is 0 Å². The summed E-state index contributed by atoms with van der Waals surface area (Å²) >= 11 is 0. The maximum Gasteiger partial charge on any atom is 0.433 e. The summed E-state index contributed by atoms with van der Waals surface area (Å²) < 4.78 is 37.3. The van der Waals surface area contributed by atoms with Gasteiger partial charge in [-0.3, -0.25) is 4.98 Å². The Morgan fingerprint density at radius 3 is 2.65 bits per heavy atom. The lowest BCUT2D eigenvalue weighted by molar-refractivity contribution is -0.141. The summed E-state index contributed by atoms with van der Waals surface area (Å²) in [6.45, 7) is -0.246. The Bertz CT molecular complexity index is 522. The number of halogens is 3. The SMILES string of the molecule is OCc1cnc(-c2ccnc(C(F)(F)F)c2)[nH]1. The van der Waals surface area contributed by atoms with Crippen molar-refractivity contribution >= 4 is 0 Å². The first-order valence-corrected chi connectivity index (χ1v) is 4.69. The molecule has 4 nitrogen and oxygen atoms in total. The smallest absolute Gasteiger partial charge is 0.390 e. The average Bonchev–Trinajstić information content (AvgIpc) is 2.76. The number of alkyl halides is 3. The minimum Gasteiger partial charge on any atom is -0.390 e. The van der Waals surface area contributed by atoms with Crippen LogP contribution in [-0.2, 0) is 12.8 Å². The highest BCUT2D eigenvalue weighted by Gasteiger charge is 2.32.